The van der Waals surface area contributed by atoms with Crippen LogP contribution >= 0.6 is 34.8 Å². The first-order chi connectivity index (χ1) is 20.9. The van der Waals surface area contributed by atoms with Gasteiger partial charge in [-0.2, -0.15) is 0 Å². The number of halogens is 3. The monoisotopic (exact) mass is 632 g/mol. The van der Waals surface area contributed by atoms with E-state index in [9.17, 15) is 0 Å². The maximum Gasteiger partial charge on any atom is 0.0463 e. The second-order valence-corrected chi connectivity index (χ2v) is 13.3. The summed E-state index contributed by atoms with van der Waals surface area (Å²) in [5.41, 5.74) is 4.87. The average molecular weight is 634 g/mol. The van der Waals surface area contributed by atoms with Crippen LogP contribution in [0.5, 0.6) is 0 Å². The van der Waals surface area contributed by atoms with Gasteiger partial charge in [0.25, 0.3) is 0 Å². The van der Waals surface area contributed by atoms with Gasteiger partial charge in [-0.25, -0.2) is 0 Å². The van der Waals surface area contributed by atoms with Crippen molar-refractivity contribution in [3.05, 3.63) is 140 Å². The lowest BCUT2D eigenvalue weighted by Crippen LogP contribution is -2.54. The summed E-state index contributed by atoms with van der Waals surface area (Å²) in [5.74, 6) is 0. The lowest BCUT2D eigenvalue weighted by atomic mass is 9.65. The van der Waals surface area contributed by atoms with Crippen LogP contribution in [0.25, 0.3) is 0 Å². The van der Waals surface area contributed by atoms with E-state index in [2.05, 4.69) is 90.8 Å². The van der Waals surface area contributed by atoms with Gasteiger partial charge in [0.15, 0.2) is 0 Å². The van der Waals surface area contributed by atoms with Gasteiger partial charge in [0.05, 0.1) is 0 Å². The molecule has 1 heterocycles. The van der Waals surface area contributed by atoms with Gasteiger partial charge in [0.1, 0.15) is 0 Å². The summed E-state index contributed by atoms with van der Waals surface area (Å²) in [7, 11) is 0. The molecule has 0 aliphatic carbocycles. The first kappa shape index (κ1) is 32.1. The van der Waals surface area contributed by atoms with Crippen LogP contribution in [-0.2, 0) is 10.8 Å². The molecule has 2 nitrogen and oxygen atoms in total. The quantitative estimate of drug-likeness (QED) is 0.156. The number of hydrogen-bond donors (Lipinski definition) is 1. The summed E-state index contributed by atoms with van der Waals surface area (Å²) in [6, 6.07) is 36.7. The van der Waals surface area contributed by atoms with E-state index in [4.69, 9.17) is 34.8 Å². The average Bonchev–Trinajstić information content (AvgIpc) is 3.04. The van der Waals surface area contributed by atoms with Crippen molar-refractivity contribution >= 4 is 34.8 Å². The highest BCUT2D eigenvalue weighted by atomic mass is 35.5. The summed E-state index contributed by atoms with van der Waals surface area (Å²) < 4.78 is 0. The van der Waals surface area contributed by atoms with Gasteiger partial charge in [-0.15, -0.1) is 0 Å². The van der Waals surface area contributed by atoms with Crippen molar-refractivity contribution in [1.29, 1.82) is 0 Å². The van der Waals surface area contributed by atoms with Crippen LogP contribution in [0, 0.1) is 0 Å². The van der Waals surface area contributed by atoms with E-state index < -0.39 is 0 Å². The zero-order chi connectivity index (χ0) is 30.3. The zero-order valence-electron chi connectivity index (χ0n) is 25.3. The number of benzene rings is 4. The van der Waals surface area contributed by atoms with E-state index in [0.717, 1.165) is 73.4 Å². The van der Waals surface area contributed by atoms with Gasteiger partial charge in [0, 0.05) is 31.9 Å². The standard InChI is InChI=1S/C38H43Cl3N2/c1-3-25-42-36(4-2)37(29-8-6-5-7-9-29)22-26-43(27-23-37)28-24-38(30-10-16-33(39)17-11-30,31-12-18-34(40)19-13-31)32-14-20-35(41)21-15-32/h5-21,36,42H,3-4,22-28H2,1-2H3. The third kappa shape index (κ3) is 7.00. The van der Waals surface area contributed by atoms with Gasteiger partial charge < -0.3 is 10.2 Å². The highest BCUT2D eigenvalue weighted by molar-refractivity contribution is 6.31. The van der Waals surface area contributed by atoms with Crippen LogP contribution in [-0.4, -0.2) is 37.1 Å². The summed E-state index contributed by atoms with van der Waals surface area (Å²) in [6.07, 6.45) is 5.48. The Bertz CT molecular complexity index is 1300. The van der Waals surface area contributed by atoms with Gasteiger partial charge in [-0.3, -0.25) is 0 Å². The third-order valence-corrected chi connectivity index (χ3v) is 10.4. The molecule has 0 radical (unpaired) electrons. The molecule has 5 rings (SSSR count). The Morgan fingerprint density at radius 1 is 0.698 bits per heavy atom. The molecule has 43 heavy (non-hydrogen) atoms. The van der Waals surface area contributed by atoms with Crippen molar-refractivity contribution in [2.24, 2.45) is 0 Å². The molecule has 1 fully saturated rings. The molecule has 0 amide bonds. The highest BCUT2D eigenvalue weighted by Crippen LogP contribution is 2.45. The molecule has 0 aromatic heterocycles. The van der Waals surface area contributed by atoms with E-state index in [1.807, 2.05) is 36.4 Å². The minimum atomic E-state index is -0.387. The summed E-state index contributed by atoms with van der Waals surface area (Å²) in [4.78, 5) is 2.67. The largest absolute Gasteiger partial charge is 0.313 e. The third-order valence-electron chi connectivity index (χ3n) is 9.63. The first-order valence-electron chi connectivity index (χ1n) is 15.7. The molecule has 1 saturated heterocycles. The SMILES string of the molecule is CCCNC(CC)C1(c2ccccc2)CCN(CCC(c2ccc(Cl)cc2)(c2ccc(Cl)cc2)c2ccc(Cl)cc2)CC1. The second-order valence-electron chi connectivity index (χ2n) is 12.0. The molecule has 0 bridgehead atoms. The van der Waals surface area contributed by atoms with Crippen LogP contribution in [0.15, 0.2) is 103 Å². The van der Waals surface area contributed by atoms with Crippen molar-refractivity contribution in [3.8, 4) is 0 Å². The Labute approximate surface area is 273 Å². The van der Waals surface area contributed by atoms with Gasteiger partial charge in [0.2, 0.25) is 0 Å². The summed E-state index contributed by atoms with van der Waals surface area (Å²) >= 11 is 19.2. The molecule has 4 aromatic rings. The molecule has 5 heteroatoms. The maximum atomic E-state index is 6.39. The summed E-state index contributed by atoms with van der Waals surface area (Å²) in [6.45, 7) is 8.75. The Morgan fingerprint density at radius 3 is 1.58 bits per heavy atom. The number of hydrogen-bond acceptors (Lipinski definition) is 2. The molecule has 0 saturated carbocycles. The fourth-order valence-corrected chi connectivity index (χ4v) is 7.67. The van der Waals surface area contributed by atoms with Crippen LogP contribution in [0.2, 0.25) is 15.1 Å². The van der Waals surface area contributed by atoms with Crippen LogP contribution < -0.4 is 5.32 Å². The number of piperidine rings is 1. The Kier molecular flexibility index (Phi) is 10.9. The minimum Gasteiger partial charge on any atom is -0.313 e. The van der Waals surface area contributed by atoms with Crippen LogP contribution in [0.3, 0.4) is 0 Å². The van der Waals surface area contributed by atoms with Gasteiger partial charge >= 0.3 is 0 Å². The Balaban J connectivity index is 1.47. The van der Waals surface area contributed by atoms with Gasteiger partial charge in [-0.1, -0.05) is 115 Å². The van der Waals surface area contributed by atoms with Crippen LogP contribution in [0.1, 0.15) is 68.2 Å². The minimum absolute atomic E-state index is 0.140. The number of likely N-dealkylation sites (tertiary alicyclic amines) is 1. The first-order valence-corrected chi connectivity index (χ1v) is 16.8. The van der Waals surface area contributed by atoms with Crippen molar-refractivity contribution < 1.29 is 0 Å². The Morgan fingerprint density at radius 2 is 1.16 bits per heavy atom. The fourth-order valence-electron chi connectivity index (χ4n) is 7.30. The molecule has 0 spiro atoms. The number of nitrogens with zero attached hydrogens (tertiary/aromatic N) is 1. The van der Waals surface area contributed by atoms with E-state index in [-0.39, 0.29) is 10.8 Å². The van der Waals surface area contributed by atoms with E-state index in [0.29, 0.717) is 6.04 Å². The number of nitrogens with one attached hydrogen (secondary N) is 1. The van der Waals surface area contributed by atoms with E-state index in [1.54, 1.807) is 0 Å². The molecular weight excluding hydrogens is 591 g/mol. The van der Waals surface area contributed by atoms with Crippen LogP contribution in [0.4, 0.5) is 0 Å². The van der Waals surface area contributed by atoms with E-state index in [1.165, 1.54) is 22.3 Å². The van der Waals surface area contributed by atoms with Gasteiger partial charge in [-0.05, 0) is 117 Å². The van der Waals surface area contributed by atoms with Crippen molar-refractivity contribution in [2.75, 3.05) is 26.2 Å². The topological polar surface area (TPSA) is 15.3 Å². The van der Waals surface area contributed by atoms with Crippen molar-refractivity contribution in [1.82, 2.24) is 10.2 Å². The molecule has 1 aliphatic heterocycles. The molecule has 1 N–H and O–H groups in total. The molecule has 1 atom stereocenters. The summed E-state index contributed by atoms with van der Waals surface area (Å²) in [5, 5.41) is 6.14. The lowest BCUT2D eigenvalue weighted by molar-refractivity contribution is 0.121. The van der Waals surface area contributed by atoms with E-state index >= 15 is 0 Å². The number of rotatable bonds is 12. The van der Waals surface area contributed by atoms with Crippen molar-refractivity contribution in [3.63, 3.8) is 0 Å². The fraction of sp³-hybridized carbons (Fsp3) is 0.368. The second kappa shape index (κ2) is 14.6. The lowest BCUT2D eigenvalue weighted by Gasteiger charge is -2.48. The molecule has 226 valence electrons. The Hall–Kier alpha value is -2.33. The molecule has 1 aliphatic rings. The highest BCUT2D eigenvalue weighted by Gasteiger charge is 2.43. The smallest absolute Gasteiger partial charge is 0.0463 e. The van der Waals surface area contributed by atoms with Crippen molar-refractivity contribution in [2.45, 2.75) is 62.8 Å². The normalized spacial score (nSPS) is 16.2. The molecule has 1 unspecified atom stereocenters. The molecule has 4 aromatic carbocycles. The zero-order valence-corrected chi connectivity index (χ0v) is 27.6. The molecular formula is C38H43Cl3N2. The maximum absolute atomic E-state index is 6.39. The predicted molar refractivity (Wildman–Crippen MR) is 185 cm³/mol. The predicted octanol–water partition coefficient (Wildman–Crippen LogP) is 10.2.